The number of amides is 1. The van der Waals surface area contributed by atoms with Crippen LogP contribution in [0.15, 0.2) is 37.1 Å². The van der Waals surface area contributed by atoms with E-state index in [1.807, 2.05) is 18.0 Å². The van der Waals surface area contributed by atoms with Crippen LogP contribution in [0.5, 0.6) is 11.8 Å². The van der Waals surface area contributed by atoms with Crippen molar-refractivity contribution in [2.45, 2.75) is 64.3 Å². The first kappa shape index (κ1) is 30.2. The van der Waals surface area contributed by atoms with Crippen molar-refractivity contribution in [2.75, 3.05) is 57.9 Å². The van der Waals surface area contributed by atoms with Gasteiger partial charge >= 0.3 is 6.01 Å². The zero-order valence-electron chi connectivity index (χ0n) is 27.8. The van der Waals surface area contributed by atoms with E-state index in [1.54, 1.807) is 0 Å². The van der Waals surface area contributed by atoms with Crippen LogP contribution in [0.2, 0.25) is 0 Å². The molecule has 1 spiro atoms. The van der Waals surface area contributed by atoms with Gasteiger partial charge in [0.05, 0.1) is 18.3 Å². The van der Waals surface area contributed by atoms with E-state index in [9.17, 15) is 4.79 Å². The fraction of sp³-hybridized carbons (Fsp3) is 0.514. The molecule has 1 N–H and O–H groups in total. The Hall–Kier alpha value is -4.18. The summed E-state index contributed by atoms with van der Waals surface area (Å²) in [5.74, 6) is 2.22. The van der Waals surface area contributed by atoms with Crippen LogP contribution in [0.1, 0.15) is 62.5 Å². The van der Waals surface area contributed by atoms with Crippen LogP contribution in [0.3, 0.4) is 0 Å². The monoisotopic (exact) mass is 635 g/mol. The summed E-state index contributed by atoms with van der Waals surface area (Å²) in [5.41, 5.74) is 6.75. The topological polar surface area (TPSA) is 99.7 Å². The molecule has 2 aromatic carbocycles. The molecular formula is C37H45N7O3. The Bertz CT molecular complexity index is 1850. The number of hydrogen-bond donors (Lipinski definition) is 1. The third-order valence-corrected chi connectivity index (χ3v) is 11.1. The Morgan fingerprint density at radius 2 is 1.89 bits per heavy atom. The Morgan fingerprint density at radius 1 is 1.09 bits per heavy atom. The lowest BCUT2D eigenvalue weighted by Crippen LogP contribution is -2.61. The van der Waals surface area contributed by atoms with Crippen molar-refractivity contribution in [3.05, 3.63) is 48.2 Å². The average Bonchev–Trinajstić information content (AvgIpc) is 3.66. The number of H-pyrrole nitrogens is 1. The molecule has 8 rings (SSSR count). The lowest BCUT2D eigenvalue weighted by atomic mass is 9.72. The van der Waals surface area contributed by atoms with Crippen LogP contribution in [-0.4, -0.2) is 94.9 Å². The van der Waals surface area contributed by atoms with Gasteiger partial charge in [-0.15, -0.1) is 0 Å². The number of ether oxygens (including phenoxy) is 2. The van der Waals surface area contributed by atoms with Crippen molar-refractivity contribution in [1.82, 2.24) is 30.0 Å². The molecule has 1 saturated carbocycles. The highest BCUT2D eigenvalue weighted by Crippen LogP contribution is 2.53. The van der Waals surface area contributed by atoms with Gasteiger partial charge in [0.1, 0.15) is 17.9 Å². The minimum absolute atomic E-state index is 0.0303. The molecule has 10 nitrogen and oxygen atoms in total. The SMILES string of the molecule is C=CC(=O)N1CC2(CCN(c3nc(OC[C@@H]4CCCN4C)nc4c(OCC)c(-c5c(C)ccc6[nH]ncc56)c(C5CC5)cc34)CC2)C1. The van der Waals surface area contributed by atoms with E-state index in [2.05, 4.69) is 58.7 Å². The number of anilines is 1. The number of aromatic amines is 1. The van der Waals surface area contributed by atoms with E-state index in [0.717, 1.165) is 109 Å². The number of piperidine rings is 1. The average molecular weight is 636 g/mol. The van der Waals surface area contributed by atoms with Crippen LogP contribution in [-0.2, 0) is 4.79 Å². The fourth-order valence-electron chi connectivity index (χ4n) is 8.16. The Kier molecular flexibility index (Phi) is 7.58. The van der Waals surface area contributed by atoms with Crippen LogP contribution in [0, 0.1) is 12.3 Å². The maximum absolute atomic E-state index is 12.2. The maximum Gasteiger partial charge on any atom is 0.319 e. The second-order valence-electron chi connectivity index (χ2n) is 14.2. The summed E-state index contributed by atoms with van der Waals surface area (Å²) in [6.07, 6.45) is 9.98. The highest BCUT2D eigenvalue weighted by atomic mass is 16.5. The summed E-state index contributed by atoms with van der Waals surface area (Å²) >= 11 is 0. The molecule has 3 saturated heterocycles. The largest absolute Gasteiger partial charge is 0.491 e. The summed E-state index contributed by atoms with van der Waals surface area (Å²) in [7, 11) is 2.17. The zero-order chi connectivity index (χ0) is 32.3. The van der Waals surface area contributed by atoms with E-state index in [0.29, 0.717) is 31.2 Å². The molecule has 246 valence electrons. The number of aromatic nitrogens is 4. The van der Waals surface area contributed by atoms with Gasteiger partial charge < -0.3 is 24.2 Å². The lowest BCUT2D eigenvalue weighted by molar-refractivity contribution is -0.139. The van der Waals surface area contributed by atoms with E-state index in [1.165, 1.54) is 23.6 Å². The summed E-state index contributed by atoms with van der Waals surface area (Å²) in [6.45, 7) is 13.4. The predicted octanol–water partition coefficient (Wildman–Crippen LogP) is 5.85. The van der Waals surface area contributed by atoms with Crippen LogP contribution in [0.25, 0.3) is 32.9 Å². The summed E-state index contributed by atoms with van der Waals surface area (Å²) < 4.78 is 13.1. The summed E-state index contributed by atoms with van der Waals surface area (Å²) in [4.78, 5) is 29.2. The van der Waals surface area contributed by atoms with Crippen molar-refractivity contribution in [3.8, 4) is 22.9 Å². The normalized spacial score (nSPS) is 21.0. The molecule has 0 unspecified atom stereocenters. The summed E-state index contributed by atoms with van der Waals surface area (Å²) in [5, 5.41) is 9.69. The molecule has 1 aliphatic carbocycles. The standard InChI is InChI=1S/C37H45N7O3/c1-5-30(45)44-21-37(22-44)13-16-43(17-14-37)35-27-18-26(24-10-11-24)32(31-23(3)9-12-29-28(31)19-38-41-29)34(46-6-2)33(27)39-36(40-35)47-20-25-8-7-15-42(25)4/h5,9,12,18-19,24-25H,1,6-8,10-11,13-17,20-22H2,2-4H3,(H,38,41)/t25-/m0/s1. The molecule has 10 heteroatoms. The van der Waals surface area contributed by atoms with E-state index in [4.69, 9.17) is 19.4 Å². The van der Waals surface area contributed by atoms with Gasteiger partial charge in [0.25, 0.3) is 0 Å². The van der Waals surface area contributed by atoms with Gasteiger partial charge in [0, 0.05) is 54.0 Å². The van der Waals surface area contributed by atoms with Crippen molar-refractivity contribution in [3.63, 3.8) is 0 Å². The van der Waals surface area contributed by atoms with Crippen molar-refractivity contribution < 1.29 is 14.3 Å². The predicted molar refractivity (Wildman–Crippen MR) is 184 cm³/mol. The lowest BCUT2D eigenvalue weighted by Gasteiger charge is -2.54. The maximum atomic E-state index is 12.2. The first-order chi connectivity index (χ1) is 22.9. The fourth-order valence-corrected chi connectivity index (χ4v) is 8.16. The minimum atomic E-state index is 0.0303. The van der Waals surface area contributed by atoms with Crippen molar-refractivity contribution in [1.29, 1.82) is 0 Å². The quantitative estimate of drug-likeness (QED) is 0.229. The number of likely N-dealkylation sites (N-methyl/N-ethyl adjacent to an activating group) is 1. The van der Waals surface area contributed by atoms with Crippen molar-refractivity contribution >= 4 is 33.5 Å². The van der Waals surface area contributed by atoms with Gasteiger partial charge in [-0.1, -0.05) is 12.6 Å². The molecule has 5 heterocycles. The highest BCUT2D eigenvalue weighted by molar-refractivity contribution is 6.06. The molecule has 0 radical (unpaired) electrons. The number of rotatable bonds is 9. The van der Waals surface area contributed by atoms with Gasteiger partial charge in [0.2, 0.25) is 5.91 Å². The third-order valence-electron chi connectivity index (χ3n) is 11.1. The number of carbonyl (C=O) groups is 1. The minimum Gasteiger partial charge on any atom is -0.491 e. The van der Waals surface area contributed by atoms with Gasteiger partial charge in [-0.3, -0.25) is 9.89 Å². The number of nitrogens with one attached hydrogen (secondary N) is 1. The van der Waals surface area contributed by atoms with Crippen LogP contribution in [0.4, 0.5) is 5.82 Å². The second kappa shape index (κ2) is 11.8. The molecule has 3 aliphatic heterocycles. The number of nitrogens with zero attached hydrogens (tertiary/aromatic N) is 6. The van der Waals surface area contributed by atoms with E-state index < -0.39 is 0 Å². The number of aryl methyl sites for hydroxylation is 1. The molecule has 1 amide bonds. The molecular weight excluding hydrogens is 590 g/mol. The molecule has 2 aromatic heterocycles. The Labute approximate surface area is 276 Å². The zero-order valence-corrected chi connectivity index (χ0v) is 27.8. The first-order valence-corrected chi connectivity index (χ1v) is 17.3. The third kappa shape index (κ3) is 5.30. The number of hydrogen-bond acceptors (Lipinski definition) is 8. The van der Waals surface area contributed by atoms with E-state index in [-0.39, 0.29) is 11.3 Å². The number of carbonyl (C=O) groups excluding carboxylic acids is 1. The first-order valence-electron chi connectivity index (χ1n) is 17.3. The number of fused-ring (bicyclic) bond motifs is 2. The number of benzene rings is 2. The molecule has 1 atom stereocenters. The van der Waals surface area contributed by atoms with Crippen LogP contribution >= 0.6 is 0 Å². The Balaban J connectivity index is 1.25. The molecule has 4 aliphatic rings. The van der Waals surface area contributed by atoms with Gasteiger partial charge in [-0.2, -0.15) is 15.1 Å². The molecule has 4 fully saturated rings. The highest BCUT2D eigenvalue weighted by Gasteiger charge is 2.46. The smallest absolute Gasteiger partial charge is 0.319 e. The second-order valence-corrected chi connectivity index (χ2v) is 14.2. The van der Waals surface area contributed by atoms with Crippen LogP contribution < -0.4 is 14.4 Å². The van der Waals surface area contributed by atoms with Gasteiger partial charge in [-0.05, 0) is 107 Å². The summed E-state index contributed by atoms with van der Waals surface area (Å²) in [6, 6.07) is 7.38. The van der Waals surface area contributed by atoms with Gasteiger partial charge in [-0.25, -0.2) is 0 Å². The number of likely N-dealkylation sites (tertiary alicyclic amines) is 2. The van der Waals surface area contributed by atoms with E-state index >= 15 is 0 Å². The van der Waals surface area contributed by atoms with Gasteiger partial charge in [0.15, 0.2) is 5.75 Å². The molecule has 47 heavy (non-hydrogen) atoms. The molecule has 0 bridgehead atoms. The van der Waals surface area contributed by atoms with Crippen molar-refractivity contribution in [2.24, 2.45) is 5.41 Å². The molecule has 4 aromatic rings. The Morgan fingerprint density at radius 3 is 2.60 bits per heavy atom.